The molecule has 12 heteroatoms. The average molecular weight is 651 g/mol. The largest absolute Gasteiger partial charge is 0.796 e. The maximum Gasteiger partial charge on any atom is 0.318 e. The number of phenols is 1. The number of ether oxygens (including phenoxy) is 1. The summed E-state index contributed by atoms with van der Waals surface area (Å²) >= 11 is 4.08. The topological polar surface area (TPSA) is 85.3 Å². The van der Waals surface area contributed by atoms with Crippen LogP contribution in [-0.4, -0.2) is 96.5 Å². The predicted molar refractivity (Wildman–Crippen MR) is 155 cm³/mol. The Balaban J connectivity index is 0.000000544. The van der Waals surface area contributed by atoms with Crippen LogP contribution in [0.2, 0.25) is 0 Å². The molecule has 0 saturated carbocycles. The van der Waals surface area contributed by atoms with E-state index in [-0.39, 0.29) is 55.6 Å². The van der Waals surface area contributed by atoms with Gasteiger partial charge in [-0.1, -0.05) is 12.6 Å². The van der Waals surface area contributed by atoms with Gasteiger partial charge in [0, 0.05) is 64.0 Å². The second-order valence-corrected chi connectivity index (χ2v) is 9.78. The normalized spacial score (nSPS) is 18.4. The number of aromatic hydroxyl groups is 1. The molecular weight excluding hydrogens is 611 g/mol. The van der Waals surface area contributed by atoms with E-state index in [1.165, 1.54) is 57.3 Å². The second-order valence-electron chi connectivity index (χ2n) is 9.78. The first-order valence-electron chi connectivity index (χ1n) is 13.3. The maximum atomic E-state index is 14.4. The summed E-state index contributed by atoms with van der Waals surface area (Å²) in [7, 11) is 3.69. The van der Waals surface area contributed by atoms with E-state index in [9.17, 15) is 14.3 Å². The van der Waals surface area contributed by atoms with Crippen LogP contribution in [0.3, 0.4) is 0 Å². The number of halogens is 1. The molecular formula is C28H40FN6O3SZr-. The van der Waals surface area contributed by atoms with Crippen molar-refractivity contribution in [2.75, 3.05) is 69.5 Å². The Morgan fingerprint density at radius 2 is 1.88 bits per heavy atom. The van der Waals surface area contributed by atoms with Gasteiger partial charge in [-0.15, -0.1) is 0 Å². The van der Waals surface area contributed by atoms with Gasteiger partial charge < -0.3 is 42.1 Å². The Morgan fingerprint density at radius 3 is 2.42 bits per heavy atom. The molecule has 1 aromatic carbocycles. The molecule has 0 radical (unpaired) electrons. The average Bonchev–Trinajstić information content (AvgIpc) is 3.44. The standard InChI is InChI=1S/C22H26FN5O3.C5H11N.CH4S.Zr/c1-4-19(30)26-10-11-28(14(2)12-26)21-15-8-9-27(13-17(15)24-22(25-21)31-3)20-16(23)6-5-7-18(20)29;1-6-4-2-3-5-6;1-2;/h4-7,14,29H,1,8-13H2,2-3H3;2-5H2,1H3;2H,1H3;/p-1/t14-;;;/m0.../s1. The molecule has 2 fully saturated rings. The quantitative estimate of drug-likeness (QED) is 0.397. The summed E-state index contributed by atoms with van der Waals surface area (Å²) in [5.41, 5.74) is 1.91. The van der Waals surface area contributed by atoms with E-state index in [1.807, 2.05) is 0 Å². The molecule has 1 amide bonds. The zero-order valence-corrected chi connectivity index (χ0v) is 27.2. The summed E-state index contributed by atoms with van der Waals surface area (Å²) in [5.74, 6) is 0.147. The molecule has 0 unspecified atom stereocenters. The van der Waals surface area contributed by atoms with Crippen LogP contribution in [0.15, 0.2) is 30.9 Å². The molecule has 0 aliphatic carbocycles. The fourth-order valence-electron chi connectivity index (χ4n) is 5.20. The van der Waals surface area contributed by atoms with Crippen molar-refractivity contribution in [1.82, 2.24) is 19.8 Å². The number of carbonyl (C=O) groups excluding carboxylic acids is 1. The van der Waals surface area contributed by atoms with Gasteiger partial charge in [0.05, 0.1) is 19.3 Å². The number of para-hydroxylation sites is 1. The first-order chi connectivity index (χ1) is 18.8. The zero-order chi connectivity index (χ0) is 28.5. The van der Waals surface area contributed by atoms with E-state index < -0.39 is 5.82 Å². The van der Waals surface area contributed by atoms with Crippen molar-refractivity contribution in [3.05, 3.63) is 47.9 Å². The number of phenolic OH excluding ortho intramolecular Hbond substituents is 1. The van der Waals surface area contributed by atoms with Gasteiger partial charge >= 0.3 is 6.01 Å². The summed E-state index contributed by atoms with van der Waals surface area (Å²) in [4.78, 5) is 29.2. The molecule has 1 aromatic heterocycles. The number of nitrogens with zero attached hydrogens (tertiary/aromatic N) is 6. The number of piperazine rings is 1. The molecule has 4 heterocycles. The number of hydrogen-bond donors (Lipinski definition) is 1. The summed E-state index contributed by atoms with van der Waals surface area (Å²) in [6.45, 7) is 10.9. The Hall–Kier alpha value is -2.17. The van der Waals surface area contributed by atoms with Crippen LogP contribution in [0.1, 0.15) is 31.0 Å². The maximum absolute atomic E-state index is 14.4. The predicted octanol–water partition coefficient (Wildman–Crippen LogP) is 2.99. The van der Waals surface area contributed by atoms with E-state index in [0.29, 0.717) is 39.1 Å². The third-order valence-electron chi connectivity index (χ3n) is 7.20. The van der Waals surface area contributed by atoms with E-state index >= 15 is 0 Å². The molecule has 3 aliphatic rings. The first kappa shape index (κ1) is 34.0. The van der Waals surface area contributed by atoms with Gasteiger partial charge in [0.15, 0.2) is 0 Å². The van der Waals surface area contributed by atoms with Crippen molar-refractivity contribution in [3.63, 3.8) is 0 Å². The third kappa shape index (κ3) is 8.20. The fraction of sp³-hybridized carbons (Fsp3) is 0.536. The van der Waals surface area contributed by atoms with Crippen LogP contribution in [0.4, 0.5) is 15.9 Å². The van der Waals surface area contributed by atoms with Crippen LogP contribution < -0.4 is 14.5 Å². The summed E-state index contributed by atoms with van der Waals surface area (Å²) in [6.07, 6.45) is 6.35. The van der Waals surface area contributed by atoms with Gasteiger partial charge in [0.25, 0.3) is 0 Å². The van der Waals surface area contributed by atoms with Gasteiger partial charge in [-0.2, -0.15) is 16.2 Å². The van der Waals surface area contributed by atoms with Gasteiger partial charge in [-0.05, 0) is 64.5 Å². The number of carbonyl (C=O) groups is 1. The molecule has 40 heavy (non-hydrogen) atoms. The molecule has 5 rings (SSSR count). The van der Waals surface area contributed by atoms with E-state index in [4.69, 9.17) is 4.74 Å². The van der Waals surface area contributed by atoms with Crippen molar-refractivity contribution in [2.45, 2.75) is 38.8 Å². The number of benzene rings is 1. The van der Waals surface area contributed by atoms with Gasteiger partial charge in [-0.3, -0.25) is 4.79 Å². The summed E-state index contributed by atoms with van der Waals surface area (Å²) in [5, 5.41) is 10.2. The molecule has 3 aliphatic heterocycles. The second kappa shape index (κ2) is 16.3. The van der Waals surface area contributed by atoms with Crippen LogP contribution in [0, 0.1) is 5.82 Å². The smallest absolute Gasteiger partial charge is 0.318 e. The minimum absolute atomic E-state index is 0. The van der Waals surface area contributed by atoms with Crippen LogP contribution in [-0.2, 0) is 56.6 Å². The van der Waals surface area contributed by atoms with Crippen LogP contribution in [0.25, 0.3) is 0 Å². The third-order valence-corrected chi connectivity index (χ3v) is 7.20. The molecule has 1 N–H and O–H groups in total. The number of methoxy groups -OCH3 is 1. The molecule has 218 valence electrons. The molecule has 2 saturated heterocycles. The summed E-state index contributed by atoms with van der Waals surface area (Å²) in [6, 6.07) is 4.58. The van der Waals surface area contributed by atoms with Crippen molar-refractivity contribution < 1.29 is 45.2 Å². The first-order valence-corrected chi connectivity index (χ1v) is 14.1. The minimum Gasteiger partial charge on any atom is -0.796 e. The Bertz CT molecular complexity index is 1120. The van der Waals surface area contributed by atoms with E-state index in [1.54, 1.807) is 16.1 Å². The van der Waals surface area contributed by atoms with Crippen molar-refractivity contribution in [1.29, 1.82) is 0 Å². The number of hydrogen-bond acceptors (Lipinski definition) is 9. The van der Waals surface area contributed by atoms with Crippen molar-refractivity contribution in [2.24, 2.45) is 0 Å². The van der Waals surface area contributed by atoms with E-state index in [2.05, 4.69) is 52.9 Å². The van der Waals surface area contributed by atoms with Crippen molar-refractivity contribution in [3.8, 4) is 11.8 Å². The van der Waals surface area contributed by atoms with Crippen molar-refractivity contribution >= 4 is 30.0 Å². The number of amides is 1. The number of anilines is 2. The zero-order valence-electron chi connectivity index (χ0n) is 23.9. The van der Waals surface area contributed by atoms with Gasteiger partial charge in [-0.25, -0.2) is 4.39 Å². The Kier molecular flexibility index (Phi) is 13.9. The monoisotopic (exact) mass is 649 g/mol. The molecule has 9 nitrogen and oxygen atoms in total. The van der Waals surface area contributed by atoms with Gasteiger partial charge in [0.1, 0.15) is 23.1 Å². The Morgan fingerprint density at radius 1 is 1.18 bits per heavy atom. The Labute approximate surface area is 261 Å². The molecule has 1 atom stereocenters. The van der Waals surface area contributed by atoms with Crippen LogP contribution >= 0.6 is 0 Å². The van der Waals surface area contributed by atoms with Gasteiger partial charge in [0.2, 0.25) is 5.91 Å². The fourth-order valence-corrected chi connectivity index (χ4v) is 5.20. The van der Waals surface area contributed by atoms with Crippen LogP contribution in [0.5, 0.6) is 11.8 Å². The molecule has 0 spiro atoms. The number of likely N-dealkylation sites (tertiary alicyclic amines) is 1. The number of aromatic nitrogens is 2. The molecule has 2 aromatic rings. The SMILES string of the molecule is C=CC(=O)N1CCN(c2nc(OC)nc3c2CCN(c2c(O)cccc2F)C3)[C@@H](C)C1.CN1CCCC1.C[S-].[Zr]. The number of fused-ring (bicyclic) bond motifs is 1. The number of rotatable bonds is 4. The minimum atomic E-state index is -0.471. The molecule has 0 bridgehead atoms. The van der Waals surface area contributed by atoms with E-state index in [0.717, 1.165) is 17.1 Å². The summed E-state index contributed by atoms with van der Waals surface area (Å²) < 4.78 is 19.7.